The minimum atomic E-state index is -0.693. The summed E-state index contributed by atoms with van der Waals surface area (Å²) in [6, 6.07) is 18.6. The van der Waals surface area contributed by atoms with Gasteiger partial charge in [0.2, 0.25) is 0 Å². The van der Waals surface area contributed by atoms with E-state index in [0.29, 0.717) is 33.9 Å². The van der Waals surface area contributed by atoms with E-state index in [4.69, 9.17) is 9.47 Å². The summed E-state index contributed by atoms with van der Waals surface area (Å²) in [6.07, 6.45) is -0.693. The van der Waals surface area contributed by atoms with Gasteiger partial charge < -0.3 is 25.0 Å². The quantitative estimate of drug-likeness (QED) is 0.331. The molecule has 2 aromatic heterocycles. The van der Waals surface area contributed by atoms with Crippen LogP contribution in [0, 0.1) is 0 Å². The van der Waals surface area contributed by atoms with Crippen LogP contribution in [0.15, 0.2) is 60.7 Å². The van der Waals surface area contributed by atoms with Gasteiger partial charge in [-0.3, -0.25) is 9.59 Å². The molecule has 1 aliphatic heterocycles. The average molecular weight is 562 g/mol. The predicted molar refractivity (Wildman–Crippen MR) is 154 cm³/mol. The van der Waals surface area contributed by atoms with Gasteiger partial charge in [-0.05, 0) is 56.7 Å². The fraction of sp³-hybridized carbons (Fsp3) is 0.310. The number of thiophene rings is 1. The number of hydrogen-bond acceptors (Lipinski definition) is 8. The summed E-state index contributed by atoms with van der Waals surface area (Å²) in [5.74, 6) is -0.518. The molecule has 4 aromatic rings. The highest BCUT2D eigenvalue weighted by atomic mass is 32.1. The Morgan fingerprint density at radius 3 is 2.40 bits per heavy atom. The van der Waals surface area contributed by atoms with E-state index in [2.05, 4.69) is 20.6 Å². The lowest BCUT2D eigenvalue weighted by molar-refractivity contribution is 0.0915. The number of morpholine rings is 1. The van der Waals surface area contributed by atoms with E-state index < -0.39 is 11.6 Å². The molecule has 3 heterocycles. The molecule has 208 valence electrons. The van der Waals surface area contributed by atoms with E-state index in [1.807, 2.05) is 56.3 Å². The van der Waals surface area contributed by atoms with Gasteiger partial charge in [-0.1, -0.05) is 30.3 Å². The third-order valence-electron chi connectivity index (χ3n) is 6.68. The first-order valence-corrected chi connectivity index (χ1v) is 13.9. The first kappa shape index (κ1) is 27.4. The second kappa shape index (κ2) is 11.5. The summed E-state index contributed by atoms with van der Waals surface area (Å²) in [4.78, 5) is 42.1. The molecule has 0 unspecified atom stereocenters. The summed E-state index contributed by atoms with van der Waals surface area (Å²) in [6.45, 7) is 8.63. The lowest BCUT2D eigenvalue weighted by Crippen LogP contribution is -2.40. The molecule has 5 rings (SSSR count). The third kappa shape index (κ3) is 5.70. The lowest BCUT2D eigenvalue weighted by atomic mass is 9.94. The molecule has 11 heteroatoms. The zero-order valence-electron chi connectivity index (χ0n) is 22.6. The molecular formula is C29H31N5O5S. The summed E-state index contributed by atoms with van der Waals surface area (Å²) in [5.41, 5.74) is 1.77. The van der Waals surface area contributed by atoms with Gasteiger partial charge >= 0.3 is 6.09 Å². The monoisotopic (exact) mass is 561 g/mol. The molecule has 0 bridgehead atoms. The smallest absolute Gasteiger partial charge is 0.436 e. The van der Waals surface area contributed by atoms with Crippen molar-refractivity contribution in [1.82, 2.24) is 15.1 Å². The van der Waals surface area contributed by atoms with Crippen molar-refractivity contribution in [1.29, 1.82) is 0 Å². The van der Waals surface area contributed by atoms with Crippen molar-refractivity contribution in [3.8, 4) is 0 Å². The van der Waals surface area contributed by atoms with Gasteiger partial charge in [0.15, 0.2) is 5.82 Å². The Balaban J connectivity index is 1.40. The molecule has 0 radical (unpaired) electrons. The van der Waals surface area contributed by atoms with Crippen LogP contribution in [0.1, 0.15) is 46.4 Å². The number of fused-ring (bicyclic) bond motifs is 1. The van der Waals surface area contributed by atoms with E-state index in [9.17, 15) is 14.4 Å². The van der Waals surface area contributed by atoms with Crippen LogP contribution in [0.5, 0.6) is 0 Å². The van der Waals surface area contributed by atoms with Crippen molar-refractivity contribution in [2.24, 2.45) is 0 Å². The SMILES string of the molecule is CCOC(=O)n1nc(NC(=O)c2ccc(N3CCOCC3)cc2)c2cc(C(=O)NC(C)(C)c3ccccc3)sc21. The summed E-state index contributed by atoms with van der Waals surface area (Å²) in [5, 5.41) is 10.6. The van der Waals surface area contributed by atoms with Crippen LogP contribution in [0.25, 0.3) is 10.2 Å². The molecule has 0 spiro atoms. The number of hydrogen-bond donors (Lipinski definition) is 2. The fourth-order valence-electron chi connectivity index (χ4n) is 4.52. The van der Waals surface area contributed by atoms with Crippen molar-refractivity contribution in [2.45, 2.75) is 26.3 Å². The second-order valence-electron chi connectivity index (χ2n) is 9.83. The molecule has 1 fully saturated rings. The number of ether oxygens (including phenoxy) is 2. The number of anilines is 2. The summed E-state index contributed by atoms with van der Waals surface area (Å²) >= 11 is 1.10. The largest absolute Gasteiger partial charge is 0.448 e. The molecule has 10 nitrogen and oxygen atoms in total. The Labute approximate surface area is 235 Å². The van der Waals surface area contributed by atoms with Gasteiger partial charge in [0.05, 0.1) is 35.6 Å². The number of nitrogens with zero attached hydrogens (tertiary/aromatic N) is 3. The van der Waals surface area contributed by atoms with E-state index >= 15 is 0 Å². The van der Waals surface area contributed by atoms with Gasteiger partial charge in [-0.2, -0.15) is 4.68 Å². The molecule has 0 saturated carbocycles. The fourth-order valence-corrected chi connectivity index (χ4v) is 5.51. The van der Waals surface area contributed by atoms with Crippen LogP contribution < -0.4 is 15.5 Å². The van der Waals surface area contributed by atoms with Gasteiger partial charge in [0, 0.05) is 24.3 Å². The minimum Gasteiger partial charge on any atom is -0.448 e. The Morgan fingerprint density at radius 2 is 1.73 bits per heavy atom. The lowest BCUT2D eigenvalue weighted by Gasteiger charge is -2.28. The highest BCUT2D eigenvalue weighted by Gasteiger charge is 2.27. The van der Waals surface area contributed by atoms with Crippen LogP contribution in [-0.4, -0.2) is 60.6 Å². The molecule has 1 aliphatic rings. The standard InChI is InChI=1S/C29H31N5O5S/c1-4-39-28(37)34-27-22(18-23(40-27)26(36)31-29(2,3)20-8-6-5-7-9-20)24(32-34)30-25(35)19-10-12-21(13-11-19)33-14-16-38-17-15-33/h5-13,18H,4,14-17H2,1-3H3,(H,31,36)(H,30,32,35). The van der Waals surface area contributed by atoms with E-state index in [1.54, 1.807) is 25.1 Å². The highest BCUT2D eigenvalue weighted by Crippen LogP contribution is 2.33. The van der Waals surface area contributed by atoms with Crippen molar-refractivity contribution >= 4 is 51.0 Å². The van der Waals surface area contributed by atoms with Gasteiger partial charge in [-0.15, -0.1) is 16.4 Å². The number of amides is 2. The van der Waals surface area contributed by atoms with Crippen LogP contribution in [-0.2, 0) is 15.0 Å². The normalized spacial score (nSPS) is 13.7. The summed E-state index contributed by atoms with van der Waals surface area (Å²) in [7, 11) is 0. The maximum Gasteiger partial charge on any atom is 0.436 e. The van der Waals surface area contributed by atoms with Crippen LogP contribution >= 0.6 is 11.3 Å². The Hall–Kier alpha value is -4.22. The van der Waals surface area contributed by atoms with Crippen molar-refractivity contribution in [3.63, 3.8) is 0 Å². The van der Waals surface area contributed by atoms with Crippen LogP contribution in [0.4, 0.5) is 16.3 Å². The molecule has 2 amide bonds. The topological polar surface area (TPSA) is 115 Å². The molecule has 40 heavy (non-hydrogen) atoms. The van der Waals surface area contributed by atoms with E-state index in [0.717, 1.165) is 40.4 Å². The molecule has 0 atom stereocenters. The average Bonchev–Trinajstić information content (AvgIpc) is 3.55. The van der Waals surface area contributed by atoms with Gasteiger partial charge in [0.25, 0.3) is 11.8 Å². The maximum absolute atomic E-state index is 13.3. The summed E-state index contributed by atoms with van der Waals surface area (Å²) < 4.78 is 11.6. The Kier molecular flexibility index (Phi) is 7.85. The maximum atomic E-state index is 13.3. The number of aromatic nitrogens is 2. The second-order valence-corrected chi connectivity index (χ2v) is 10.9. The number of carbonyl (C=O) groups excluding carboxylic acids is 3. The molecule has 0 aliphatic carbocycles. The number of nitrogens with one attached hydrogen (secondary N) is 2. The number of carbonyl (C=O) groups is 3. The van der Waals surface area contributed by atoms with Crippen molar-refractivity contribution in [3.05, 3.63) is 76.7 Å². The number of benzene rings is 2. The van der Waals surface area contributed by atoms with Crippen molar-refractivity contribution < 1.29 is 23.9 Å². The Morgan fingerprint density at radius 1 is 1.02 bits per heavy atom. The first-order valence-electron chi connectivity index (χ1n) is 13.1. The molecule has 2 N–H and O–H groups in total. The van der Waals surface area contributed by atoms with Crippen LogP contribution in [0.2, 0.25) is 0 Å². The molecular weight excluding hydrogens is 530 g/mol. The zero-order valence-corrected chi connectivity index (χ0v) is 23.4. The third-order valence-corrected chi connectivity index (χ3v) is 7.79. The van der Waals surface area contributed by atoms with Crippen LogP contribution in [0.3, 0.4) is 0 Å². The first-order chi connectivity index (χ1) is 19.3. The van der Waals surface area contributed by atoms with Gasteiger partial charge in [0.1, 0.15) is 4.83 Å². The molecule has 2 aromatic carbocycles. The minimum absolute atomic E-state index is 0.154. The zero-order chi connectivity index (χ0) is 28.3. The predicted octanol–water partition coefficient (Wildman–Crippen LogP) is 4.86. The van der Waals surface area contributed by atoms with E-state index in [1.165, 1.54) is 0 Å². The highest BCUT2D eigenvalue weighted by molar-refractivity contribution is 7.20. The Bertz CT molecular complexity index is 1520. The number of rotatable bonds is 7. The van der Waals surface area contributed by atoms with E-state index in [-0.39, 0.29) is 24.2 Å². The van der Waals surface area contributed by atoms with Gasteiger partial charge in [-0.25, -0.2) is 4.79 Å². The molecule has 1 saturated heterocycles. The van der Waals surface area contributed by atoms with Crippen molar-refractivity contribution in [2.75, 3.05) is 43.1 Å².